The fraction of sp³-hybridized carbons (Fsp3) is 0.125. The summed E-state index contributed by atoms with van der Waals surface area (Å²) in [5.74, 6) is -0.245. The number of para-hydroxylation sites is 1. The second-order valence-electron chi connectivity index (χ2n) is 4.57. The molecule has 1 amide bonds. The molecule has 0 spiro atoms. The molecule has 22 heavy (non-hydrogen) atoms. The standard InChI is InChI=1S/C16H13FN2OS2/c17-11-5-1-3-7-13(11)21-10-15(20)18-9-16-19-12-6-2-4-8-14(12)22-16/h1-8H,9-10H2,(H,18,20). The predicted octanol–water partition coefficient (Wildman–Crippen LogP) is 3.84. The van der Waals surface area contributed by atoms with E-state index in [1.54, 1.807) is 29.5 Å². The molecule has 0 aliphatic heterocycles. The van der Waals surface area contributed by atoms with E-state index in [9.17, 15) is 9.18 Å². The molecule has 0 fully saturated rings. The molecule has 0 aliphatic rings. The first kappa shape index (κ1) is 15.0. The van der Waals surface area contributed by atoms with Crippen LogP contribution in [0.2, 0.25) is 0 Å². The average Bonchev–Trinajstić information content (AvgIpc) is 2.95. The lowest BCUT2D eigenvalue weighted by Crippen LogP contribution is -2.24. The number of amides is 1. The van der Waals surface area contributed by atoms with Gasteiger partial charge in [-0.2, -0.15) is 0 Å². The van der Waals surface area contributed by atoms with Gasteiger partial charge in [-0.3, -0.25) is 4.79 Å². The van der Waals surface area contributed by atoms with Gasteiger partial charge in [0.15, 0.2) is 0 Å². The van der Waals surface area contributed by atoms with E-state index in [2.05, 4.69) is 10.3 Å². The molecule has 3 aromatic rings. The van der Waals surface area contributed by atoms with E-state index in [4.69, 9.17) is 0 Å². The molecule has 0 radical (unpaired) electrons. The van der Waals surface area contributed by atoms with Crippen molar-refractivity contribution >= 4 is 39.2 Å². The van der Waals surface area contributed by atoms with Gasteiger partial charge in [-0.15, -0.1) is 23.1 Å². The zero-order valence-corrected chi connectivity index (χ0v) is 13.2. The van der Waals surface area contributed by atoms with Crippen LogP contribution in [0.15, 0.2) is 53.4 Å². The maximum absolute atomic E-state index is 13.4. The summed E-state index contributed by atoms with van der Waals surface area (Å²) < 4.78 is 14.6. The van der Waals surface area contributed by atoms with Gasteiger partial charge in [0.2, 0.25) is 5.91 Å². The number of aromatic nitrogens is 1. The van der Waals surface area contributed by atoms with Gasteiger partial charge in [-0.05, 0) is 24.3 Å². The lowest BCUT2D eigenvalue weighted by atomic mass is 10.3. The van der Waals surface area contributed by atoms with Crippen LogP contribution < -0.4 is 5.32 Å². The van der Waals surface area contributed by atoms with E-state index in [1.807, 2.05) is 24.3 Å². The molecular weight excluding hydrogens is 319 g/mol. The smallest absolute Gasteiger partial charge is 0.230 e. The average molecular weight is 332 g/mol. The Balaban J connectivity index is 1.53. The Kier molecular flexibility index (Phi) is 4.70. The fourth-order valence-corrected chi connectivity index (χ4v) is 3.60. The van der Waals surface area contributed by atoms with Crippen LogP contribution in [0.4, 0.5) is 4.39 Å². The minimum atomic E-state index is -0.300. The summed E-state index contributed by atoms with van der Waals surface area (Å²) in [7, 11) is 0. The predicted molar refractivity (Wildman–Crippen MR) is 88.6 cm³/mol. The van der Waals surface area contributed by atoms with Crippen molar-refractivity contribution in [1.82, 2.24) is 10.3 Å². The number of nitrogens with zero attached hydrogens (tertiary/aromatic N) is 1. The molecule has 112 valence electrons. The minimum Gasteiger partial charge on any atom is -0.349 e. The van der Waals surface area contributed by atoms with Gasteiger partial charge in [0.1, 0.15) is 10.8 Å². The molecule has 0 saturated carbocycles. The first-order valence-corrected chi connectivity index (χ1v) is 8.51. The van der Waals surface area contributed by atoms with Gasteiger partial charge in [-0.1, -0.05) is 24.3 Å². The van der Waals surface area contributed by atoms with E-state index in [-0.39, 0.29) is 17.5 Å². The molecule has 0 saturated heterocycles. The number of nitrogens with one attached hydrogen (secondary N) is 1. The van der Waals surface area contributed by atoms with Crippen molar-refractivity contribution in [3.63, 3.8) is 0 Å². The summed E-state index contributed by atoms with van der Waals surface area (Å²) in [6.07, 6.45) is 0. The van der Waals surface area contributed by atoms with Gasteiger partial charge in [0, 0.05) is 4.90 Å². The number of benzene rings is 2. The van der Waals surface area contributed by atoms with Crippen LogP contribution >= 0.6 is 23.1 Å². The highest BCUT2D eigenvalue weighted by atomic mass is 32.2. The van der Waals surface area contributed by atoms with Crippen molar-refractivity contribution in [1.29, 1.82) is 0 Å². The van der Waals surface area contributed by atoms with Gasteiger partial charge < -0.3 is 5.32 Å². The van der Waals surface area contributed by atoms with E-state index in [0.29, 0.717) is 11.4 Å². The Bertz CT molecular complexity index is 770. The topological polar surface area (TPSA) is 42.0 Å². The Hall–Kier alpha value is -1.92. The van der Waals surface area contributed by atoms with Crippen LogP contribution in [-0.2, 0) is 11.3 Å². The van der Waals surface area contributed by atoms with Gasteiger partial charge >= 0.3 is 0 Å². The number of halogens is 1. The molecule has 1 heterocycles. The summed E-state index contributed by atoms with van der Waals surface area (Å²) in [6.45, 7) is 0.399. The van der Waals surface area contributed by atoms with E-state index in [0.717, 1.165) is 15.2 Å². The second-order valence-corrected chi connectivity index (χ2v) is 6.70. The quantitative estimate of drug-likeness (QED) is 0.722. The molecular formula is C16H13FN2OS2. The second kappa shape index (κ2) is 6.89. The number of rotatable bonds is 5. The van der Waals surface area contributed by atoms with E-state index < -0.39 is 0 Å². The zero-order chi connectivity index (χ0) is 15.4. The third-order valence-electron chi connectivity index (χ3n) is 2.97. The van der Waals surface area contributed by atoms with Crippen LogP contribution in [0.1, 0.15) is 5.01 Å². The van der Waals surface area contributed by atoms with Gasteiger partial charge in [0.25, 0.3) is 0 Å². The summed E-state index contributed by atoms with van der Waals surface area (Å²) in [5, 5.41) is 3.68. The van der Waals surface area contributed by atoms with E-state index in [1.165, 1.54) is 17.8 Å². The maximum atomic E-state index is 13.4. The molecule has 0 unspecified atom stereocenters. The minimum absolute atomic E-state index is 0.132. The van der Waals surface area contributed by atoms with E-state index >= 15 is 0 Å². The number of hydrogen-bond donors (Lipinski definition) is 1. The highest BCUT2D eigenvalue weighted by Crippen LogP contribution is 2.22. The third-order valence-corrected chi connectivity index (χ3v) is 5.06. The molecule has 1 aromatic heterocycles. The van der Waals surface area contributed by atoms with Gasteiger partial charge in [0.05, 0.1) is 22.5 Å². The highest BCUT2D eigenvalue weighted by molar-refractivity contribution is 8.00. The van der Waals surface area contributed by atoms with Crippen molar-refractivity contribution in [2.75, 3.05) is 5.75 Å². The van der Waals surface area contributed by atoms with Crippen molar-refractivity contribution in [3.05, 3.63) is 59.4 Å². The lowest BCUT2D eigenvalue weighted by molar-refractivity contribution is -0.118. The Morgan fingerprint density at radius 1 is 1.18 bits per heavy atom. The summed E-state index contributed by atoms with van der Waals surface area (Å²) >= 11 is 2.75. The molecule has 3 nitrogen and oxygen atoms in total. The number of fused-ring (bicyclic) bond motifs is 1. The number of thioether (sulfide) groups is 1. The molecule has 3 rings (SSSR count). The van der Waals surface area contributed by atoms with Crippen LogP contribution in [-0.4, -0.2) is 16.6 Å². The summed E-state index contributed by atoms with van der Waals surface area (Å²) in [4.78, 5) is 16.8. The molecule has 6 heteroatoms. The molecule has 1 N–H and O–H groups in total. The summed E-state index contributed by atoms with van der Waals surface area (Å²) in [5.41, 5.74) is 0.942. The van der Waals surface area contributed by atoms with Gasteiger partial charge in [-0.25, -0.2) is 9.37 Å². The molecule has 0 bridgehead atoms. The number of thiazole rings is 1. The van der Waals surface area contributed by atoms with Crippen molar-refractivity contribution in [2.24, 2.45) is 0 Å². The number of carbonyl (C=O) groups excluding carboxylic acids is 1. The number of carbonyl (C=O) groups is 1. The SMILES string of the molecule is O=C(CSc1ccccc1F)NCc1nc2ccccc2s1. The molecule has 2 aromatic carbocycles. The fourth-order valence-electron chi connectivity index (χ4n) is 1.93. The molecule has 0 atom stereocenters. The van der Waals surface area contributed by atoms with Crippen LogP contribution in [0.3, 0.4) is 0 Å². The first-order chi connectivity index (χ1) is 10.7. The Morgan fingerprint density at radius 2 is 1.95 bits per heavy atom. The highest BCUT2D eigenvalue weighted by Gasteiger charge is 2.08. The number of hydrogen-bond acceptors (Lipinski definition) is 4. The normalized spacial score (nSPS) is 10.8. The van der Waals surface area contributed by atoms with Crippen LogP contribution in [0, 0.1) is 5.82 Å². The van der Waals surface area contributed by atoms with Crippen molar-refractivity contribution in [2.45, 2.75) is 11.4 Å². The maximum Gasteiger partial charge on any atom is 0.230 e. The zero-order valence-electron chi connectivity index (χ0n) is 11.6. The Labute approximate surface area is 135 Å². The van der Waals surface area contributed by atoms with Crippen LogP contribution in [0.25, 0.3) is 10.2 Å². The third kappa shape index (κ3) is 3.64. The summed E-state index contributed by atoms with van der Waals surface area (Å²) in [6, 6.07) is 14.3. The first-order valence-electron chi connectivity index (χ1n) is 6.71. The molecule has 0 aliphatic carbocycles. The lowest BCUT2D eigenvalue weighted by Gasteiger charge is -2.04. The van der Waals surface area contributed by atoms with Crippen molar-refractivity contribution < 1.29 is 9.18 Å². The largest absolute Gasteiger partial charge is 0.349 e. The van der Waals surface area contributed by atoms with Crippen LogP contribution in [0.5, 0.6) is 0 Å². The monoisotopic (exact) mass is 332 g/mol. The van der Waals surface area contributed by atoms with Crippen molar-refractivity contribution in [3.8, 4) is 0 Å². The Morgan fingerprint density at radius 3 is 2.77 bits per heavy atom.